The lowest BCUT2D eigenvalue weighted by molar-refractivity contribution is -0.131. The fourth-order valence-electron chi connectivity index (χ4n) is 5.62. The minimum absolute atomic E-state index is 0.0528. The van der Waals surface area contributed by atoms with E-state index in [1.807, 2.05) is 67.7 Å². The first-order chi connectivity index (χ1) is 18.3. The molecule has 3 atom stereocenters. The molecule has 1 aliphatic rings. The lowest BCUT2D eigenvalue weighted by Crippen LogP contribution is -2.42. The summed E-state index contributed by atoms with van der Waals surface area (Å²) in [5, 5.41) is 4.87. The second-order valence-corrected chi connectivity index (χ2v) is 9.87. The molecular formula is C30H29N5O3. The van der Waals surface area contributed by atoms with E-state index in [0.29, 0.717) is 0 Å². The summed E-state index contributed by atoms with van der Waals surface area (Å²) in [6, 6.07) is 19.8. The predicted octanol–water partition coefficient (Wildman–Crippen LogP) is 7.06. The van der Waals surface area contributed by atoms with Crippen molar-refractivity contribution < 1.29 is 14.3 Å². The topological polar surface area (TPSA) is 100 Å². The van der Waals surface area contributed by atoms with Gasteiger partial charge in [-0.05, 0) is 54.6 Å². The molecule has 8 nitrogen and oxygen atoms in total. The normalized spacial score (nSPS) is 16.7. The van der Waals surface area contributed by atoms with E-state index in [1.165, 1.54) is 5.56 Å². The summed E-state index contributed by atoms with van der Waals surface area (Å²) in [5.74, 6) is -1.09. The maximum atomic E-state index is 13.9. The van der Waals surface area contributed by atoms with E-state index in [1.54, 1.807) is 0 Å². The van der Waals surface area contributed by atoms with E-state index in [9.17, 15) is 15.1 Å². The van der Waals surface area contributed by atoms with Gasteiger partial charge in [-0.3, -0.25) is 4.79 Å². The third kappa shape index (κ3) is 4.29. The number of carbonyl (C=O) groups is 2. The Bertz CT molecular complexity index is 1560. The van der Waals surface area contributed by atoms with Crippen molar-refractivity contribution in [3.63, 3.8) is 0 Å². The van der Waals surface area contributed by atoms with Gasteiger partial charge in [0.2, 0.25) is 5.91 Å². The van der Waals surface area contributed by atoms with Gasteiger partial charge in [0, 0.05) is 22.4 Å². The molecular weight excluding hydrogens is 478 g/mol. The Hall–Kier alpha value is -4.55. The lowest BCUT2D eigenvalue weighted by Gasteiger charge is -2.26. The number of azide groups is 1. The highest BCUT2D eigenvalue weighted by molar-refractivity contribution is 5.98. The number of cyclic esters (lactones) is 1. The maximum absolute atomic E-state index is 13.9. The highest BCUT2D eigenvalue weighted by Gasteiger charge is 2.43. The number of para-hydroxylation sites is 1. The molecule has 0 spiro atoms. The molecule has 4 aromatic rings. The number of hydrogen-bond acceptors (Lipinski definition) is 4. The van der Waals surface area contributed by atoms with Crippen LogP contribution >= 0.6 is 0 Å². The molecule has 0 saturated carbocycles. The zero-order valence-electron chi connectivity index (χ0n) is 21.8. The summed E-state index contributed by atoms with van der Waals surface area (Å²) in [7, 11) is 0. The Kier molecular flexibility index (Phi) is 6.66. The number of imide groups is 1. The van der Waals surface area contributed by atoms with Gasteiger partial charge in [-0.25, -0.2) is 9.69 Å². The van der Waals surface area contributed by atoms with E-state index < -0.39 is 30.0 Å². The van der Waals surface area contributed by atoms with Crippen molar-refractivity contribution in [1.29, 1.82) is 0 Å². The van der Waals surface area contributed by atoms with Crippen molar-refractivity contribution in [3.8, 4) is 5.69 Å². The van der Waals surface area contributed by atoms with Crippen LogP contribution in [-0.2, 0) is 9.53 Å². The van der Waals surface area contributed by atoms with Gasteiger partial charge in [-0.1, -0.05) is 78.3 Å². The summed E-state index contributed by atoms with van der Waals surface area (Å²) in [6.07, 6.45) is 1.28. The van der Waals surface area contributed by atoms with Crippen molar-refractivity contribution in [2.75, 3.05) is 6.61 Å². The number of fused-ring (bicyclic) bond motifs is 1. The summed E-state index contributed by atoms with van der Waals surface area (Å²) in [6.45, 7) is 8.16. The lowest BCUT2D eigenvalue weighted by atomic mass is 9.92. The highest BCUT2D eigenvalue weighted by atomic mass is 16.6. The van der Waals surface area contributed by atoms with Crippen molar-refractivity contribution in [1.82, 2.24) is 9.47 Å². The van der Waals surface area contributed by atoms with Crippen LogP contribution in [0.4, 0.5) is 4.79 Å². The number of benzene rings is 3. The van der Waals surface area contributed by atoms with Gasteiger partial charge in [-0.15, -0.1) is 0 Å². The third-order valence-electron chi connectivity index (χ3n) is 7.31. The molecule has 1 fully saturated rings. The van der Waals surface area contributed by atoms with E-state index in [2.05, 4.69) is 47.5 Å². The van der Waals surface area contributed by atoms with Crippen molar-refractivity contribution >= 4 is 22.9 Å². The average molecular weight is 508 g/mol. The molecule has 2 heterocycles. The van der Waals surface area contributed by atoms with Crippen LogP contribution in [0.3, 0.4) is 0 Å². The van der Waals surface area contributed by atoms with Gasteiger partial charge in [0.15, 0.2) is 0 Å². The molecule has 5 rings (SSSR count). The first kappa shape index (κ1) is 25.1. The largest absolute Gasteiger partial charge is 0.446 e. The van der Waals surface area contributed by atoms with Gasteiger partial charge in [0.1, 0.15) is 18.7 Å². The second kappa shape index (κ2) is 10.1. The predicted molar refractivity (Wildman–Crippen MR) is 146 cm³/mol. The number of aryl methyl sites for hydroxylation is 3. The van der Waals surface area contributed by atoms with Gasteiger partial charge >= 0.3 is 6.09 Å². The van der Waals surface area contributed by atoms with Gasteiger partial charge in [0.05, 0.1) is 11.2 Å². The molecule has 0 N–H and O–H groups in total. The molecule has 0 radical (unpaired) electrons. The fraction of sp³-hybridized carbons (Fsp3) is 0.267. The van der Waals surface area contributed by atoms with Crippen LogP contribution in [0, 0.1) is 20.8 Å². The summed E-state index contributed by atoms with van der Waals surface area (Å²) < 4.78 is 7.40. The Morgan fingerprint density at radius 1 is 1.05 bits per heavy atom. The maximum Gasteiger partial charge on any atom is 0.417 e. The monoisotopic (exact) mass is 507 g/mol. The Labute approximate surface area is 221 Å². The van der Waals surface area contributed by atoms with E-state index >= 15 is 0 Å². The smallest absolute Gasteiger partial charge is 0.417 e. The molecule has 192 valence electrons. The van der Waals surface area contributed by atoms with Crippen molar-refractivity contribution in [2.24, 2.45) is 5.11 Å². The first-order valence-corrected chi connectivity index (χ1v) is 12.6. The quantitative estimate of drug-likeness (QED) is 0.159. The van der Waals surface area contributed by atoms with Crippen LogP contribution < -0.4 is 0 Å². The highest BCUT2D eigenvalue weighted by Crippen LogP contribution is 2.37. The van der Waals surface area contributed by atoms with Crippen molar-refractivity contribution in [2.45, 2.75) is 45.7 Å². The Balaban J connectivity index is 1.59. The number of ether oxygens (including phenoxy) is 1. The molecule has 1 saturated heterocycles. The van der Waals surface area contributed by atoms with Gasteiger partial charge in [-0.2, -0.15) is 0 Å². The van der Waals surface area contributed by atoms with E-state index in [-0.39, 0.29) is 6.61 Å². The summed E-state index contributed by atoms with van der Waals surface area (Å²) in [5.41, 5.74) is 16.6. The minimum atomic E-state index is -1.14. The van der Waals surface area contributed by atoms with E-state index in [0.717, 1.165) is 43.7 Å². The first-order valence-electron chi connectivity index (χ1n) is 12.6. The zero-order chi connectivity index (χ0) is 27.0. The molecule has 1 aromatic heterocycles. The number of hydrogen-bond donors (Lipinski definition) is 0. The van der Waals surface area contributed by atoms with Crippen LogP contribution in [-0.4, -0.2) is 34.1 Å². The SMILES string of the molecule is Cc1cc(C)c(-n2cc([C@H](C)[C@H](N=[N+]=[N-])C(=O)N3C(=O)OC[C@H]3c3ccccc3)c3ccccc32)c(C)c1. The number of aromatic nitrogens is 1. The second-order valence-electron chi connectivity index (χ2n) is 9.87. The molecule has 0 bridgehead atoms. The van der Waals surface area contributed by atoms with Crippen LogP contribution in [0.25, 0.3) is 27.0 Å². The van der Waals surface area contributed by atoms with Crippen LogP contribution in [0.5, 0.6) is 0 Å². The minimum Gasteiger partial charge on any atom is -0.446 e. The van der Waals surface area contributed by atoms with Crippen LogP contribution in [0.2, 0.25) is 0 Å². The van der Waals surface area contributed by atoms with Gasteiger partial charge in [0.25, 0.3) is 0 Å². The standard InChI is InChI=1S/C30H29N5O3/c1-18-14-19(2)28(20(3)15-18)34-16-24(23-12-8-9-13-25(23)34)21(4)27(32-33-31)29(36)35-26(17-38-30(35)37)22-10-6-5-7-11-22/h5-16,21,26-27H,17H2,1-4H3/t21-,26-,27-/m0/s1. The van der Waals surface area contributed by atoms with Crippen molar-refractivity contribution in [3.05, 3.63) is 111 Å². The Morgan fingerprint density at radius 2 is 1.71 bits per heavy atom. The molecule has 3 aromatic carbocycles. The summed E-state index contributed by atoms with van der Waals surface area (Å²) in [4.78, 5) is 30.7. The molecule has 38 heavy (non-hydrogen) atoms. The molecule has 0 aliphatic carbocycles. The third-order valence-corrected chi connectivity index (χ3v) is 7.31. The number of nitrogens with zero attached hydrogens (tertiary/aromatic N) is 5. The fourth-order valence-corrected chi connectivity index (χ4v) is 5.62. The van der Waals surface area contributed by atoms with Crippen LogP contribution in [0.15, 0.2) is 78.0 Å². The van der Waals surface area contributed by atoms with E-state index in [4.69, 9.17) is 4.74 Å². The van der Waals surface area contributed by atoms with Gasteiger partial charge < -0.3 is 9.30 Å². The number of rotatable bonds is 6. The molecule has 0 unspecified atom stereocenters. The molecule has 2 amide bonds. The molecule has 8 heteroatoms. The summed E-state index contributed by atoms with van der Waals surface area (Å²) >= 11 is 0. The number of carbonyl (C=O) groups excluding carboxylic acids is 2. The zero-order valence-corrected chi connectivity index (χ0v) is 21.8. The average Bonchev–Trinajstić information content (AvgIpc) is 3.47. The Morgan fingerprint density at radius 3 is 2.39 bits per heavy atom. The molecule has 1 aliphatic heterocycles. The number of amides is 2. The van der Waals surface area contributed by atoms with Crippen LogP contribution in [0.1, 0.15) is 46.7 Å².